The average Bonchev–Trinajstić information content (AvgIpc) is 2.65. The van der Waals surface area contributed by atoms with Crippen LogP contribution in [0.1, 0.15) is 32.1 Å². The molecule has 1 aromatic carbocycles. The summed E-state index contributed by atoms with van der Waals surface area (Å²) < 4.78 is 0. The number of allylic oxidation sites excluding steroid dienone is 2. The molecule has 128 valence electrons. The van der Waals surface area contributed by atoms with E-state index < -0.39 is 0 Å². The molecule has 0 aromatic heterocycles. The van der Waals surface area contributed by atoms with Crippen LogP contribution in [-0.4, -0.2) is 17.9 Å². The molecule has 2 aliphatic rings. The third kappa shape index (κ3) is 3.51. The molecule has 0 radical (unpaired) electrons. The quantitative estimate of drug-likeness (QED) is 0.614. The van der Waals surface area contributed by atoms with E-state index in [-0.39, 0.29) is 5.54 Å². The summed E-state index contributed by atoms with van der Waals surface area (Å²) in [4.78, 5) is 4.86. The van der Waals surface area contributed by atoms with E-state index in [4.69, 9.17) is 10.3 Å². The highest BCUT2D eigenvalue weighted by Gasteiger charge is 2.40. The molecule has 4 nitrogen and oxygen atoms in total. The Labute approximate surface area is 149 Å². The molecule has 1 aliphatic heterocycles. The summed E-state index contributed by atoms with van der Waals surface area (Å²) in [6.45, 7) is 7.96. The van der Waals surface area contributed by atoms with Crippen molar-refractivity contribution >= 4 is 17.2 Å². The molecule has 1 spiro atoms. The zero-order valence-corrected chi connectivity index (χ0v) is 14.5. The molecule has 1 heterocycles. The van der Waals surface area contributed by atoms with Crippen molar-refractivity contribution < 1.29 is 0 Å². The predicted octanol–water partition coefficient (Wildman–Crippen LogP) is 4.82. The van der Waals surface area contributed by atoms with Crippen LogP contribution in [0.4, 0.5) is 11.4 Å². The van der Waals surface area contributed by atoms with Crippen molar-refractivity contribution in [3.8, 4) is 6.07 Å². The largest absolute Gasteiger partial charge is 0.371 e. The van der Waals surface area contributed by atoms with Crippen molar-refractivity contribution in [3.05, 3.63) is 60.7 Å². The molecule has 0 saturated heterocycles. The van der Waals surface area contributed by atoms with Gasteiger partial charge in [0.15, 0.2) is 0 Å². The van der Waals surface area contributed by atoms with Crippen LogP contribution in [0.3, 0.4) is 0 Å². The van der Waals surface area contributed by atoms with Gasteiger partial charge in [0.2, 0.25) is 0 Å². The highest BCUT2D eigenvalue weighted by atomic mass is 15.2. The summed E-state index contributed by atoms with van der Waals surface area (Å²) in [5.41, 5.74) is 3.28. The van der Waals surface area contributed by atoms with E-state index in [9.17, 15) is 0 Å². The molecule has 0 unspecified atom stereocenters. The third-order valence-electron chi connectivity index (χ3n) is 4.96. The summed E-state index contributed by atoms with van der Waals surface area (Å²) in [6.07, 6.45) is 9.26. The van der Waals surface area contributed by atoms with Gasteiger partial charge in [0.1, 0.15) is 5.84 Å². The van der Waals surface area contributed by atoms with Crippen molar-refractivity contribution in [1.29, 1.82) is 5.26 Å². The molecule has 1 aliphatic carbocycles. The van der Waals surface area contributed by atoms with Crippen molar-refractivity contribution in [2.75, 3.05) is 17.2 Å². The predicted molar refractivity (Wildman–Crippen MR) is 105 cm³/mol. The Hall–Kier alpha value is -2.80. The van der Waals surface area contributed by atoms with E-state index in [2.05, 4.69) is 42.0 Å². The topological polar surface area (TPSA) is 60.2 Å². The molecular weight excluding hydrogens is 308 g/mol. The van der Waals surface area contributed by atoms with Gasteiger partial charge in [-0.15, -0.1) is 0 Å². The Kier molecular flexibility index (Phi) is 5.04. The van der Waals surface area contributed by atoms with Crippen molar-refractivity contribution in [2.24, 2.45) is 4.99 Å². The number of aliphatic imine (C=N–C) groups is 1. The van der Waals surface area contributed by atoms with Gasteiger partial charge in [-0.2, -0.15) is 5.26 Å². The minimum Gasteiger partial charge on any atom is -0.371 e. The molecule has 2 N–H and O–H groups in total. The number of benzene rings is 1. The second kappa shape index (κ2) is 7.40. The summed E-state index contributed by atoms with van der Waals surface area (Å²) >= 11 is 0. The normalized spacial score (nSPS) is 20.1. The minimum absolute atomic E-state index is 0.139. The molecule has 1 fully saturated rings. The number of nitriles is 1. The van der Waals surface area contributed by atoms with Crippen LogP contribution in [0.5, 0.6) is 0 Å². The van der Waals surface area contributed by atoms with Gasteiger partial charge >= 0.3 is 0 Å². The fourth-order valence-electron chi connectivity index (χ4n) is 3.60. The lowest BCUT2D eigenvalue weighted by molar-refractivity contribution is 0.403. The number of nitrogens with zero attached hydrogens (tertiary/aromatic N) is 2. The first-order valence-corrected chi connectivity index (χ1v) is 8.79. The first-order chi connectivity index (χ1) is 12.2. The fraction of sp³-hybridized carbons (Fsp3) is 0.333. The Balaban J connectivity index is 1.94. The number of anilines is 2. The summed E-state index contributed by atoms with van der Waals surface area (Å²) in [5, 5.41) is 16.4. The van der Waals surface area contributed by atoms with E-state index in [1.54, 1.807) is 6.08 Å². The Bertz CT molecular complexity index is 773. The Morgan fingerprint density at radius 3 is 2.64 bits per heavy atom. The van der Waals surface area contributed by atoms with Crippen molar-refractivity contribution in [1.82, 2.24) is 0 Å². The molecule has 0 amide bonds. The first kappa shape index (κ1) is 17.0. The van der Waals surface area contributed by atoms with E-state index >= 15 is 0 Å². The molecule has 4 heteroatoms. The SMILES string of the molecule is C=C/C=C(/CN=C1Nc2ccccc2NC12CCCCC2)C(=C)C#N. The first-order valence-electron chi connectivity index (χ1n) is 8.79. The third-order valence-corrected chi connectivity index (χ3v) is 4.96. The van der Waals surface area contributed by atoms with Crippen LogP contribution in [0.25, 0.3) is 0 Å². The van der Waals surface area contributed by atoms with Gasteiger partial charge in [-0.1, -0.05) is 56.7 Å². The maximum absolute atomic E-state index is 9.14. The zero-order chi connectivity index (χ0) is 17.7. The molecule has 25 heavy (non-hydrogen) atoms. The lowest BCUT2D eigenvalue weighted by Crippen LogP contribution is -2.53. The standard InChI is InChI=1S/C21H24N4/c1-3-9-17(16(2)14-22)15-23-20-21(12-7-4-8-13-21)25-19-11-6-5-10-18(19)24-20/h3,5-6,9-11,25H,1-2,4,7-8,12-13,15H2,(H,23,24)/b17-9-. The minimum atomic E-state index is -0.139. The smallest absolute Gasteiger partial charge is 0.127 e. The summed E-state index contributed by atoms with van der Waals surface area (Å²) in [5.74, 6) is 0.964. The highest BCUT2D eigenvalue weighted by molar-refractivity contribution is 6.09. The van der Waals surface area contributed by atoms with Crippen LogP contribution >= 0.6 is 0 Å². The van der Waals surface area contributed by atoms with Crippen molar-refractivity contribution in [2.45, 2.75) is 37.6 Å². The highest BCUT2D eigenvalue weighted by Crippen LogP contribution is 2.39. The van der Waals surface area contributed by atoms with E-state index in [1.165, 1.54) is 19.3 Å². The van der Waals surface area contributed by atoms with Gasteiger partial charge in [0.25, 0.3) is 0 Å². The summed E-state index contributed by atoms with van der Waals surface area (Å²) in [6, 6.07) is 10.3. The van der Waals surface area contributed by atoms with E-state index in [1.807, 2.05) is 18.2 Å². The van der Waals surface area contributed by atoms with Crippen LogP contribution in [0, 0.1) is 11.3 Å². The fourth-order valence-corrected chi connectivity index (χ4v) is 3.60. The van der Waals surface area contributed by atoms with Gasteiger partial charge in [-0.05, 0) is 30.5 Å². The van der Waals surface area contributed by atoms with Gasteiger partial charge in [0.05, 0.1) is 29.5 Å². The number of hydrogen-bond donors (Lipinski definition) is 2. The number of rotatable bonds is 4. The van der Waals surface area contributed by atoms with Gasteiger partial charge in [-0.25, -0.2) is 0 Å². The summed E-state index contributed by atoms with van der Waals surface area (Å²) in [7, 11) is 0. The Morgan fingerprint density at radius 2 is 1.96 bits per heavy atom. The number of hydrogen-bond acceptors (Lipinski definition) is 3. The van der Waals surface area contributed by atoms with E-state index in [0.717, 1.165) is 35.6 Å². The van der Waals surface area contributed by atoms with Gasteiger partial charge in [0, 0.05) is 5.57 Å². The molecular formula is C21H24N4. The molecule has 0 atom stereocenters. The number of fused-ring (bicyclic) bond motifs is 1. The van der Waals surface area contributed by atoms with Crippen LogP contribution in [0.15, 0.2) is 65.7 Å². The van der Waals surface area contributed by atoms with Crippen LogP contribution in [-0.2, 0) is 0 Å². The zero-order valence-electron chi connectivity index (χ0n) is 14.5. The van der Waals surface area contributed by atoms with Gasteiger partial charge < -0.3 is 10.6 Å². The van der Waals surface area contributed by atoms with Gasteiger partial charge in [-0.3, -0.25) is 4.99 Å². The maximum atomic E-state index is 9.14. The maximum Gasteiger partial charge on any atom is 0.127 e. The van der Waals surface area contributed by atoms with Crippen LogP contribution in [0.2, 0.25) is 0 Å². The number of amidine groups is 1. The monoisotopic (exact) mass is 332 g/mol. The average molecular weight is 332 g/mol. The molecule has 1 aromatic rings. The second-order valence-electron chi connectivity index (χ2n) is 6.62. The lowest BCUT2D eigenvalue weighted by Gasteiger charge is -2.44. The number of para-hydroxylation sites is 2. The molecule has 0 bridgehead atoms. The van der Waals surface area contributed by atoms with E-state index in [0.29, 0.717) is 12.1 Å². The van der Waals surface area contributed by atoms with Crippen molar-refractivity contribution in [3.63, 3.8) is 0 Å². The lowest BCUT2D eigenvalue weighted by atomic mass is 9.79. The van der Waals surface area contributed by atoms with Crippen LogP contribution < -0.4 is 10.6 Å². The molecule has 1 saturated carbocycles. The Morgan fingerprint density at radius 1 is 1.24 bits per heavy atom. The number of nitrogens with one attached hydrogen (secondary N) is 2. The molecule has 3 rings (SSSR count). The second-order valence-corrected chi connectivity index (χ2v) is 6.62.